The number of amides is 1. The van der Waals surface area contributed by atoms with Crippen LogP contribution in [0.5, 0.6) is 0 Å². The zero-order chi connectivity index (χ0) is 22.9. The first-order valence-electron chi connectivity index (χ1n) is 10.7. The van der Waals surface area contributed by atoms with Gasteiger partial charge in [0.05, 0.1) is 5.39 Å². The van der Waals surface area contributed by atoms with Gasteiger partial charge in [-0.25, -0.2) is 9.78 Å². The minimum atomic E-state index is -0.481. The molecule has 1 amide bonds. The summed E-state index contributed by atoms with van der Waals surface area (Å²) in [5.74, 6) is 0.0901. The highest BCUT2D eigenvalue weighted by atomic mass is 32.1. The van der Waals surface area contributed by atoms with Crippen LogP contribution in [0.25, 0.3) is 10.2 Å². The zero-order valence-corrected chi connectivity index (χ0v) is 18.8. The van der Waals surface area contributed by atoms with Crippen LogP contribution in [-0.2, 0) is 24.3 Å². The third-order valence-electron chi connectivity index (χ3n) is 5.71. The van der Waals surface area contributed by atoms with Gasteiger partial charge in [-0.15, -0.1) is 11.3 Å². The molecule has 0 unspecified atom stereocenters. The van der Waals surface area contributed by atoms with Crippen LogP contribution in [0.3, 0.4) is 0 Å². The second kappa shape index (κ2) is 8.63. The van der Waals surface area contributed by atoms with E-state index in [0.29, 0.717) is 32.8 Å². The van der Waals surface area contributed by atoms with Crippen LogP contribution >= 0.6 is 11.3 Å². The molecule has 0 saturated heterocycles. The summed E-state index contributed by atoms with van der Waals surface area (Å²) < 4.78 is 7.20. The number of para-hydroxylation sites is 1. The lowest BCUT2D eigenvalue weighted by atomic mass is 10.1. The molecule has 0 atom stereocenters. The van der Waals surface area contributed by atoms with Crippen molar-refractivity contribution in [1.82, 2.24) is 9.55 Å². The maximum Gasteiger partial charge on any atom is 0.349 e. The van der Waals surface area contributed by atoms with Gasteiger partial charge in [0, 0.05) is 24.2 Å². The first kappa shape index (κ1) is 21.1. The number of rotatable bonds is 5. The molecule has 4 aromatic rings. The van der Waals surface area contributed by atoms with Gasteiger partial charge in [0.2, 0.25) is 0 Å². The number of hydrogen-bond acceptors (Lipinski definition) is 6. The van der Waals surface area contributed by atoms with Gasteiger partial charge in [-0.3, -0.25) is 14.2 Å². The van der Waals surface area contributed by atoms with Gasteiger partial charge in [-0.05, 0) is 48.7 Å². The van der Waals surface area contributed by atoms with E-state index in [-0.39, 0.29) is 18.1 Å². The standard InChI is InChI=1S/C25H21N3O4S/c1-15-20-23(27-19-8-5-13-28(19)24(20)30)33-21(15)25(31)32-14-16-9-11-17(12-10-16)22(29)26-18-6-3-2-4-7-18/h2-4,6-7,9-12H,5,8,13-14H2,1H3,(H,26,29). The summed E-state index contributed by atoms with van der Waals surface area (Å²) in [6, 6.07) is 16.1. The number of carbonyl (C=O) groups is 2. The molecule has 3 heterocycles. The Morgan fingerprint density at radius 2 is 1.88 bits per heavy atom. The molecule has 166 valence electrons. The van der Waals surface area contributed by atoms with Gasteiger partial charge in [-0.1, -0.05) is 30.3 Å². The number of anilines is 1. The van der Waals surface area contributed by atoms with Crippen molar-refractivity contribution in [3.05, 3.63) is 92.3 Å². The van der Waals surface area contributed by atoms with E-state index < -0.39 is 5.97 Å². The van der Waals surface area contributed by atoms with Crippen LogP contribution in [0.1, 0.15) is 43.4 Å². The monoisotopic (exact) mass is 459 g/mol. The zero-order valence-electron chi connectivity index (χ0n) is 18.0. The summed E-state index contributed by atoms with van der Waals surface area (Å²) in [5.41, 5.74) is 2.53. The van der Waals surface area contributed by atoms with E-state index in [1.54, 1.807) is 35.8 Å². The van der Waals surface area contributed by atoms with Crippen molar-refractivity contribution in [2.24, 2.45) is 0 Å². The molecule has 8 heteroatoms. The number of esters is 1. The predicted octanol–water partition coefficient (Wildman–Crippen LogP) is 4.32. The number of benzene rings is 2. The minimum absolute atomic E-state index is 0.0655. The fourth-order valence-corrected chi connectivity index (χ4v) is 5.05. The Kier molecular flexibility index (Phi) is 5.51. The van der Waals surface area contributed by atoms with Gasteiger partial charge in [0.15, 0.2) is 0 Å². The predicted molar refractivity (Wildman–Crippen MR) is 127 cm³/mol. The Morgan fingerprint density at radius 3 is 2.64 bits per heavy atom. The molecular formula is C25H21N3O4S. The number of carbonyl (C=O) groups excluding carboxylic acids is 2. The third-order valence-corrected chi connectivity index (χ3v) is 6.88. The van der Waals surface area contributed by atoms with E-state index in [2.05, 4.69) is 10.3 Å². The number of ether oxygens (including phenoxy) is 1. The number of fused-ring (bicyclic) bond motifs is 2. The molecule has 0 bridgehead atoms. The second-order valence-electron chi connectivity index (χ2n) is 7.92. The smallest absolute Gasteiger partial charge is 0.349 e. The number of aromatic nitrogens is 2. The fraction of sp³-hybridized carbons (Fsp3) is 0.200. The molecule has 0 saturated carbocycles. The summed E-state index contributed by atoms with van der Waals surface area (Å²) in [7, 11) is 0. The van der Waals surface area contributed by atoms with E-state index in [1.165, 1.54) is 11.3 Å². The van der Waals surface area contributed by atoms with E-state index in [4.69, 9.17) is 4.74 Å². The van der Waals surface area contributed by atoms with Gasteiger partial charge in [0.1, 0.15) is 22.1 Å². The Morgan fingerprint density at radius 1 is 1.12 bits per heavy atom. The first-order chi connectivity index (χ1) is 16.0. The van der Waals surface area contributed by atoms with Crippen LogP contribution in [0.2, 0.25) is 0 Å². The van der Waals surface area contributed by atoms with Gasteiger partial charge in [-0.2, -0.15) is 0 Å². The second-order valence-corrected chi connectivity index (χ2v) is 8.92. The molecule has 33 heavy (non-hydrogen) atoms. The quantitative estimate of drug-likeness (QED) is 0.449. The summed E-state index contributed by atoms with van der Waals surface area (Å²) in [6.45, 7) is 2.50. The van der Waals surface area contributed by atoms with Crippen molar-refractivity contribution in [3.63, 3.8) is 0 Å². The maximum atomic E-state index is 12.8. The van der Waals surface area contributed by atoms with Crippen LogP contribution < -0.4 is 10.9 Å². The van der Waals surface area contributed by atoms with E-state index >= 15 is 0 Å². The van der Waals surface area contributed by atoms with Crippen LogP contribution in [0.15, 0.2) is 59.4 Å². The van der Waals surface area contributed by atoms with E-state index in [1.807, 2.05) is 30.3 Å². The highest BCUT2D eigenvalue weighted by Crippen LogP contribution is 2.29. The molecule has 0 radical (unpaired) electrons. The molecule has 1 N–H and O–H groups in total. The molecule has 2 aromatic heterocycles. The number of nitrogens with zero attached hydrogens (tertiary/aromatic N) is 2. The van der Waals surface area contributed by atoms with Gasteiger partial charge < -0.3 is 10.1 Å². The number of nitrogens with one attached hydrogen (secondary N) is 1. The average Bonchev–Trinajstić information content (AvgIpc) is 3.43. The van der Waals surface area contributed by atoms with Crippen LogP contribution in [0, 0.1) is 6.92 Å². The summed E-state index contributed by atoms with van der Waals surface area (Å²) in [6.07, 6.45) is 1.70. The Bertz CT molecular complexity index is 1420. The lowest BCUT2D eigenvalue weighted by Gasteiger charge is -2.07. The molecule has 2 aromatic carbocycles. The van der Waals surface area contributed by atoms with Crippen LogP contribution in [-0.4, -0.2) is 21.4 Å². The van der Waals surface area contributed by atoms with E-state index in [0.717, 1.165) is 29.9 Å². The van der Waals surface area contributed by atoms with Crippen molar-refractivity contribution in [3.8, 4) is 0 Å². The Balaban J connectivity index is 1.27. The van der Waals surface area contributed by atoms with Crippen LogP contribution in [0.4, 0.5) is 5.69 Å². The third kappa shape index (κ3) is 4.05. The van der Waals surface area contributed by atoms with Crippen molar-refractivity contribution >= 4 is 39.1 Å². The molecule has 0 aliphatic carbocycles. The molecular weight excluding hydrogens is 438 g/mol. The molecule has 1 aliphatic heterocycles. The lowest BCUT2D eigenvalue weighted by Crippen LogP contribution is -2.20. The summed E-state index contributed by atoms with van der Waals surface area (Å²) in [5, 5.41) is 3.34. The topological polar surface area (TPSA) is 90.3 Å². The van der Waals surface area contributed by atoms with Crippen molar-refractivity contribution in [2.45, 2.75) is 32.9 Å². The molecule has 0 fully saturated rings. The molecule has 0 spiro atoms. The normalized spacial score (nSPS) is 12.5. The summed E-state index contributed by atoms with van der Waals surface area (Å²) in [4.78, 5) is 43.5. The highest BCUT2D eigenvalue weighted by Gasteiger charge is 2.24. The Labute approximate surface area is 193 Å². The number of hydrogen-bond donors (Lipinski definition) is 1. The van der Waals surface area contributed by atoms with Crippen molar-refractivity contribution in [1.29, 1.82) is 0 Å². The Hall–Kier alpha value is -3.78. The van der Waals surface area contributed by atoms with Gasteiger partial charge in [0.25, 0.3) is 11.5 Å². The summed E-state index contributed by atoms with van der Waals surface area (Å²) >= 11 is 1.20. The molecule has 7 nitrogen and oxygen atoms in total. The SMILES string of the molecule is Cc1c(C(=O)OCc2ccc(C(=O)Nc3ccccc3)cc2)sc2nc3n(c(=O)c12)CCC3. The first-order valence-corrected chi connectivity index (χ1v) is 11.5. The van der Waals surface area contributed by atoms with Crippen molar-refractivity contribution in [2.75, 3.05) is 5.32 Å². The molecule has 5 rings (SSSR count). The molecule has 1 aliphatic rings. The largest absolute Gasteiger partial charge is 0.457 e. The number of aryl methyl sites for hydroxylation is 2. The minimum Gasteiger partial charge on any atom is -0.457 e. The maximum absolute atomic E-state index is 12.8. The van der Waals surface area contributed by atoms with E-state index in [9.17, 15) is 14.4 Å². The average molecular weight is 460 g/mol. The van der Waals surface area contributed by atoms with Gasteiger partial charge >= 0.3 is 5.97 Å². The lowest BCUT2D eigenvalue weighted by molar-refractivity contribution is 0.0477. The fourth-order valence-electron chi connectivity index (χ4n) is 3.96. The highest BCUT2D eigenvalue weighted by molar-refractivity contribution is 7.20. The van der Waals surface area contributed by atoms with Crippen molar-refractivity contribution < 1.29 is 14.3 Å². The number of thiophene rings is 1.